The molecule has 2 aromatic carbocycles. The molecular weight excluding hydrogens is 292 g/mol. The topological polar surface area (TPSA) is 84.0 Å². The molecule has 0 aliphatic carbocycles. The van der Waals surface area contributed by atoms with Gasteiger partial charge in [-0.2, -0.15) is 0 Å². The SMILES string of the molecule is CS(=O)(=O)CCSc1ccc(C(=N)N)c2ccccc12. The van der Waals surface area contributed by atoms with Gasteiger partial charge in [0.1, 0.15) is 15.7 Å². The van der Waals surface area contributed by atoms with Crippen LogP contribution in [0, 0.1) is 5.41 Å². The molecule has 2 rings (SSSR count). The second kappa shape index (κ2) is 5.85. The zero-order chi connectivity index (χ0) is 14.8. The second-order valence-corrected chi connectivity index (χ2v) is 7.95. The summed E-state index contributed by atoms with van der Waals surface area (Å²) in [6.07, 6.45) is 1.24. The van der Waals surface area contributed by atoms with Gasteiger partial charge in [0.15, 0.2) is 0 Å². The Morgan fingerprint density at radius 3 is 2.45 bits per heavy atom. The lowest BCUT2D eigenvalue weighted by atomic mass is 10.0. The summed E-state index contributed by atoms with van der Waals surface area (Å²) in [7, 11) is -2.94. The van der Waals surface area contributed by atoms with Gasteiger partial charge in [-0.15, -0.1) is 11.8 Å². The second-order valence-electron chi connectivity index (χ2n) is 4.55. The monoisotopic (exact) mass is 308 g/mol. The van der Waals surface area contributed by atoms with E-state index in [1.165, 1.54) is 18.0 Å². The number of nitrogens with two attached hydrogens (primary N) is 1. The Labute approximate surface area is 122 Å². The number of sulfone groups is 1. The van der Waals surface area contributed by atoms with Crippen molar-refractivity contribution in [1.82, 2.24) is 0 Å². The molecule has 2 aromatic rings. The van der Waals surface area contributed by atoms with E-state index in [1.54, 1.807) is 0 Å². The highest BCUT2D eigenvalue weighted by Crippen LogP contribution is 2.30. The van der Waals surface area contributed by atoms with Crippen LogP contribution < -0.4 is 5.73 Å². The third-order valence-corrected chi connectivity index (χ3v) is 5.17. The van der Waals surface area contributed by atoms with Gasteiger partial charge in [-0.25, -0.2) is 8.42 Å². The van der Waals surface area contributed by atoms with Crippen molar-refractivity contribution in [2.24, 2.45) is 5.73 Å². The number of hydrogen-bond acceptors (Lipinski definition) is 4. The van der Waals surface area contributed by atoms with Crippen LogP contribution in [0.3, 0.4) is 0 Å². The van der Waals surface area contributed by atoms with Gasteiger partial charge in [-0.3, -0.25) is 5.41 Å². The van der Waals surface area contributed by atoms with Crippen LogP contribution >= 0.6 is 11.8 Å². The fourth-order valence-corrected chi connectivity index (χ4v) is 4.20. The molecule has 0 fully saturated rings. The zero-order valence-electron chi connectivity index (χ0n) is 11.1. The van der Waals surface area contributed by atoms with Gasteiger partial charge in [0, 0.05) is 22.5 Å². The van der Waals surface area contributed by atoms with Crippen molar-refractivity contribution >= 4 is 38.2 Å². The molecule has 106 valence electrons. The zero-order valence-corrected chi connectivity index (χ0v) is 12.7. The molecule has 0 atom stereocenters. The van der Waals surface area contributed by atoms with Gasteiger partial charge >= 0.3 is 0 Å². The maximum absolute atomic E-state index is 11.2. The van der Waals surface area contributed by atoms with Crippen LogP contribution in [0.2, 0.25) is 0 Å². The summed E-state index contributed by atoms with van der Waals surface area (Å²) < 4.78 is 22.3. The van der Waals surface area contributed by atoms with E-state index in [1.807, 2.05) is 36.4 Å². The first-order chi connectivity index (χ1) is 9.38. The fraction of sp³-hybridized carbons (Fsp3) is 0.214. The summed E-state index contributed by atoms with van der Waals surface area (Å²) in [5.74, 6) is 0.705. The average Bonchev–Trinajstić information content (AvgIpc) is 2.37. The van der Waals surface area contributed by atoms with Crippen LogP contribution in [-0.4, -0.2) is 32.0 Å². The third-order valence-electron chi connectivity index (χ3n) is 2.89. The molecule has 0 aliphatic rings. The minimum absolute atomic E-state index is 0.0360. The number of nitrogen functional groups attached to an aromatic ring is 1. The molecule has 0 aliphatic heterocycles. The predicted octanol–water partition coefficient (Wildman–Crippen LogP) is 2.26. The molecule has 0 saturated heterocycles. The number of rotatable bonds is 5. The van der Waals surface area contributed by atoms with Crippen LogP contribution in [-0.2, 0) is 9.84 Å². The lowest BCUT2D eigenvalue weighted by Crippen LogP contribution is -2.11. The fourth-order valence-electron chi connectivity index (χ4n) is 1.94. The molecule has 3 N–H and O–H groups in total. The van der Waals surface area contributed by atoms with E-state index in [9.17, 15) is 8.42 Å². The van der Waals surface area contributed by atoms with Gasteiger partial charge in [0.05, 0.1) is 5.75 Å². The van der Waals surface area contributed by atoms with Crippen LogP contribution in [0.4, 0.5) is 0 Å². The lowest BCUT2D eigenvalue weighted by molar-refractivity contribution is 0.603. The highest BCUT2D eigenvalue weighted by atomic mass is 32.2. The summed E-state index contributed by atoms with van der Waals surface area (Å²) >= 11 is 1.51. The summed E-state index contributed by atoms with van der Waals surface area (Å²) in [6, 6.07) is 11.4. The van der Waals surface area contributed by atoms with E-state index in [0.29, 0.717) is 11.3 Å². The van der Waals surface area contributed by atoms with Crippen molar-refractivity contribution in [3.8, 4) is 0 Å². The predicted molar refractivity (Wildman–Crippen MR) is 85.4 cm³/mol. The summed E-state index contributed by atoms with van der Waals surface area (Å²) in [6.45, 7) is 0. The Bertz CT molecular complexity index is 755. The number of amidine groups is 1. The molecule has 4 nitrogen and oxygen atoms in total. The number of hydrogen-bond donors (Lipinski definition) is 2. The van der Waals surface area contributed by atoms with Crippen LogP contribution in [0.5, 0.6) is 0 Å². The molecule has 6 heteroatoms. The lowest BCUT2D eigenvalue weighted by Gasteiger charge is -2.10. The number of nitrogens with one attached hydrogen (secondary N) is 1. The molecule has 0 aromatic heterocycles. The quantitative estimate of drug-likeness (QED) is 0.504. The van der Waals surface area contributed by atoms with Crippen LogP contribution in [0.1, 0.15) is 5.56 Å². The molecular formula is C14H16N2O2S2. The Hall–Kier alpha value is -1.53. The summed E-state index contributed by atoms with van der Waals surface area (Å²) in [5.41, 5.74) is 6.29. The number of benzene rings is 2. The Morgan fingerprint density at radius 2 is 1.85 bits per heavy atom. The molecule has 0 amide bonds. The molecule has 20 heavy (non-hydrogen) atoms. The molecule has 0 radical (unpaired) electrons. The highest BCUT2D eigenvalue weighted by Gasteiger charge is 2.09. The Kier molecular flexibility index (Phi) is 4.35. The van der Waals surface area contributed by atoms with E-state index in [0.717, 1.165) is 15.7 Å². The van der Waals surface area contributed by atoms with E-state index < -0.39 is 9.84 Å². The summed E-state index contributed by atoms with van der Waals surface area (Å²) in [4.78, 5) is 1.01. The average molecular weight is 308 g/mol. The third kappa shape index (κ3) is 3.52. The molecule has 0 unspecified atom stereocenters. The van der Waals surface area contributed by atoms with Gasteiger partial charge < -0.3 is 5.73 Å². The minimum atomic E-state index is -2.94. The first-order valence-electron chi connectivity index (χ1n) is 6.05. The van der Waals surface area contributed by atoms with Gasteiger partial charge in [0.2, 0.25) is 0 Å². The van der Waals surface area contributed by atoms with Crippen molar-refractivity contribution in [1.29, 1.82) is 5.41 Å². The van der Waals surface area contributed by atoms with Crippen molar-refractivity contribution in [3.63, 3.8) is 0 Å². The van der Waals surface area contributed by atoms with Crippen molar-refractivity contribution in [2.45, 2.75) is 4.90 Å². The normalized spacial score (nSPS) is 11.7. The molecule has 0 spiro atoms. The van der Waals surface area contributed by atoms with E-state index in [-0.39, 0.29) is 11.6 Å². The molecule has 0 saturated carbocycles. The number of thioether (sulfide) groups is 1. The first-order valence-corrected chi connectivity index (χ1v) is 9.10. The first kappa shape index (κ1) is 14.9. The van der Waals surface area contributed by atoms with Crippen molar-refractivity contribution in [3.05, 3.63) is 42.0 Å². The Morgan fingerprint density at radius 1 is 1.20 bits per heavy atom. The maximum Gasteiger partial charge on any atom is 0.148 e. The van der Waals surface area contributed by atoms with Crippen molar-refractivity contribution < 1.29 is 8.42 Å². The van der Waals surface area contributed by atoms with Gasteiger partial charge in [0.25, 0.3) is 0 Å². The van der Waals surface area contributed by atoms with Gasteiger partial charge in [-0.1, -0.05) is 24.3 Å². The van der Waals surface area contributed by atoms with E-state index in [2.05, 4.69) is 0 Å². The van der Waals surface area contributed by atoms with E-state index >= 15 is 0 Å². The molecule has 0 bridgehead atoms. The van der Waals surface area contributed by atoms with Gasteiger partial charge in [-0.05, 0) is 22.9 Å². The number of fused-ring (bicyclic) bond motifs is 1. The highest BCUT2D eigenvalue weighted by molar-refractivity contribution is 8.00. The molecule has 0 heterocycles. The van der Waals surface area contributed by atoms with Crippen LogP contribution in [0.25, 0.3) is 10.8 Å². The maximum atomic E-state index is 11.2. The minimum Gasteiger partial charge on any atom is -0.384 e. The summed E-state index contributed by atoms with van der Waals surface area (Å²) in [5, 5.41) is 9.52. The van der Waals surface area contributed by atoms with E-state index in [4.69, 9.17) is 11.1 Å². The Balaban J connectivity index is 2.36. The largest absolute Gasteiger partial charge is 0.384 e. The van der Waals surface area contributed by atoms with Crippen LogP contribution in [0.15, 0.2) is 41.3 Å². The standard InChI is InChI=1S/C14H16N2O2S2/c1-20(17,18)9-8-19-13-7-6-12(14(15)16)10-4-2-3-5-11(10)13/h2-7H,8-9H2,1H3,(H3,15,16). The van der Waals surface area contributed by atoms with Crippen molar-refractivity contribution in [2.75, 3.05) is 17.8 Å². The smallest absolute Gasteiger partial charge is 0.148 e.